The van der Waals surface area contributed by atoms with Gasteiger partial charge in [-0.2, -0.15) is 13.2 Å². The molecule has 5 nitrogen and oxygen atoms in total. The number of likely N-dealkylation sites (N-methyl/N-ethyl adjacent to an activating group) is 1. The second kappa shape index (κ2) is 8.62. The lowest BCUT2D eigenvalue weighted by molar-refractivity contribution is -0.137. The van der Waals surface area contributed by atoms with Crippen molar-refractivity contribution >= 4 is 11.6 Å². The monoisotopic (exact) mass is 439 g/mol. The minimum absolute atomic E-state index is 0.0886. The van der Waals surface area contributed by atoms with Gasteiger partial charge in [0.15, 0.2) is 0 Å². The van der Waals surface area contributed by atoms with Crippen LogP contribution in [0.3, 0.4) is 0 Å². The largest absolute Gasteiger partial charge is 0.416 e. The number of rotatable bonds is 4. The van der Waals surface area contributed by atoms with Crippen LogP contribution in [0.4, 0.5) is 18.9 Å². The first-order valence-corrected chi connectivity index (χ1v) is 11.2. The van der Waals surface area contributed by atoms with E-state index in [1.807, 2.05) is 4.90 Å². The zero-order chi connectivity index (χ0) is 22.2. The van der Waals surface area contributed by atoms with Crippen LogP contribution in [0, 0.1) is 5.92 Å². The van der Waals surface area contributed by atoms with Crippen molar-refractivity contribution in [1.29, 1.82) is 0 Å². The molecule has 1 amide bonds. The average Bonchev–Trinajstić information content (AvgIpc) is 3.02. The van der Waals surface area contributed by atoms with Crippen LogP contribution in [0.25, 0.3) is 0 Å². The standard InChI is InChI=1S/C23H32F3N3O2/c1-27(2)21(30)16-29-20-13-19(23(24,25)26)4-3-18(20)14-22(29)7-9-28(10-8-22)15-17-5-11-31-12-6-17/h3-4,13,17H,5-12,14-16H2,1-2H3. The number of carbonyl (C=O) groups excluding carboxylic acids is 1. The predicted molar refractivity (Wildman–Crippen MR) is 113 cm³/mol. The summed E-state index contributed by atoms with van der Waals surface area (Å²) < 4.78 is 45.6. The zero-order valence-corrected chi connectivity index (χ0v) is 18.4. The molecule has 1 spiro atoms. The van der Waals surface area contributed by atoms with Crippen molar-refractivity contribution in [2.75, 3.05) is 58.4 Å². The topological polar surface area (TPSA) is 36.0 Å². The van der Waals surface area contributed by atoms with Gasteiger partial charge in [0.1, 0.15) is 0 Å². The number of alkyl halides is 3. The van der Waals surface area contributed by atoms with Crippen molar-refractivity contribution < 1.29 is 22.7 Å². The summed E-state index contributed by atoms with van der Waals surface area (Å²) in [5.41, 5.74) is 0.549. The number of fused-ring (bicyclic) bond motifs is 1. The number of halogens is 3. The van der Waals surface area contributed by atoms with Crippen LogP contribution in [0.15, 0.2) is 18.2 Å². The molecule has 8 heteroatoms. The van der Waals surface area contributed by atoms with Crippen molar-refractivity contribution in [3.8, 4) is 0 Å². The molecule has 31 heavy (non-hydrogen) atoms. The number of piperidine rings is 1. The maximum Gasteiger partial charge on any atom is 0.416 e. The summed E-state index contributed by atoms with van der Waals surface area (Å²) in [6, 6.07) is 4.01. The lowest BCUT2D eigenvalue weighted by atomic mass is 9.83. The van der Waals surface area contributed by atoms with Gasteiger partial charge in [0.2, 0.25) is 5.91 Å². The molecule has 2 saturated heterocycles. The summed E-state index contributed by atoms with van der Waals surface area (Å²) in [7, 11) is 3.38. The van der Waals surface area contributed by atoms with E-state index >= 15 is 0 Å². The molecule has 0 N–H and O–H groups in total. The third kappa shape index (κ3) is 4.70. The lowest BCUT2D eigenvalue weighted by Crippen LogP contribution is -2.57. The third-order valence-corrected chi connectivity index (χ3v) is 7.23. The molecule has 0 aliphatic carbocycles. The van der Waals surface area contributed by atoms with Gasteiger partial charge in [0.05, 0.1) is 12.1 Å². The molecular weight excluding hydrogens is 407 g/mol. The van der Waals surface area contributed by atoms with Crippen LogP contribution < -0.4 is 4.90 Å². The fourth-order valence-corrected chi connectivity index (χ4v) is 5.27. The van der Waals surface area contributed by atoms with Gasteiger partial charge in [-0.05, 0) is 55.7 Å². The molecular formula is C23H32F3N3O2. The highest BCUT2D eigenvalue weighted by atomic mass is 19.4. The van der Waals surface area contributed by atoms with Crippen molar-refractivity contribution in [3.05, 3.63) is 29.3 Å². The van der Waals surface area contributed by atoms with E-state index in [0.717, 1.165) is 64.1 Å². The van der Waals surface area contributed by atoms with Crippen LogP contribution in [0.2, 0.25) is 0 Å². The van der Waals surface area contributed by atoms with Crippen LogP contribution >= 0.6 is 0 Å². The molecule has 4 rings (SSSR count). The summed E-state index contributed by atoms with van der Waals surface area (Å²) in [4.78, 5) is 18.6. The second-order valence-corrected chi connectivity index (χ2v) is 9.47. The molecule has 3 heterocycles. The number of hydrogen-bond acceptors (Lipinski definition) is 4. The number of hydrogen-bond donors (Lipinski definition) is 0. The van der Waals surface area contributed by atoms with E-state index in [4.69, 9.17) is 4.74 Å². The van der Waals surface area contributed by atoms with Crippen LogP contribution in [-0.4, -0.2) is 74.7 Å². The highest BCUT2D eigenvalue weighted by Gasteiger charge is 2.47. The fraction of sp³-hybridized carbons (Fsp3) is 0.696. The number of ether oxygens (including phenoxy) is 1. The molecule has 172 valence electrons. The summed E-state index contributed by atoms with van der Waals surface area (Å²) in [5, 5.41) is 0. The van der Waals surface area contributed by atoms with E-state index in [9.17, 15) is 18.0 Å². The van der Waals surface area contributed by atoms with Gasteiger partial charge in [-0.25, -0.2) is 0 Å². The fourth-order valence-electron chi connectivity index (χ4n) is 5.27. The highest BCUT2D eigenvalue weighted by molar-refractivity contribution is 5.83. The molecule has 0 radical (unpaired) electrons. The number of benzene rings is 1. The minimum Gasteiger partial charge on any atom is -0.381 e. The van der Waals surface area contributed by atoms with E-state index in [1.165, 1.54) is 17.0 Å². The Labute approximate surface area is 182 Å². The van der Waals surface area contributed by atoms with Gasteiger partial charge in [-0.3, -0.25) is 4.79 Å². The maximum atomic E-state index is 13.4. The van der Waals surface area contributed by atoms with Crippen LogP contribution in [0.5, 0.6) is 0 Å². The van der Waals surface area contributed by atoms with Crippen molar-refractivity contribution in [3.63, 3.8) is 0 Å². The average molecular weight is 440 g/mol. The third-order valence-electron chi connectivity index (χ3n) is 7.23. The Morgan fingerprint density at radius 3 is 2.48 bits per heavy atom. The molecule has 3 aliphatic rings. The lowest BCUT2D eigenvalue weighted by Gasteiger charge is -2.47. The summed E-state index contributed by atoms with van der Waals surface area (Å²) >= 11 is 0. The molecule has 0 saturated carbocycles. The van der Waals surface area contributed by atoms with Gasteiger partial charge in [0.25, 0.3) is 0 Å². The Kier molecular flexibility index (Phi) is 6.23. The number of anilines is 1. The Hall–Kier alpha value is -1.80. The summed E-state index contributed by atoms with van der Waals surface area (Å²) in [5.74, 6) is 0.568. The first-order chi connectivity index (χ1) is 14.7. The number of carbonyl (C=O) groups is 1. The van der Waals surface area contributed by atoms with Gasteiger partial charge < -0.3 is 19.4 Å². The second-order valence-electron chi connectivity index (χ2n) is 9.47. The van der Waals surface area contributed by atoms with Crippen molar-refractivity contribution in [2.24, 2.45) is 5.92 Å². The smallest absolute Gasteiger partial charge is 0.381 e. The Balaban J connectivity index is 1.54. The molecule has 0 atom stereocenters. The van der Waals surface area contributed by atoms with Crippen molar-refractivity contribution in [1.82, 2.24) is 9.80 Å². The van der Waals surface area contributed by atoms with E-state index in [0.29, 0.717) is 18.0 Å². The quantitative estimate of drug-likeness (QED) is 0.721. The zero-order valence-electron chi connectivity index (χ0n) is 18.4. The van der Waals surface area contributed by atoms with Crippen molar-refractivity contribution in [2.45, 2.75) is 43.8 Å². The minimum atomic E-state index is -4.39. The van der Waals surface area contributed by atoms with Gasteiger partial charge in [-0.1, -0.05) is 6.07 Å². The van der Waals surface area contributed by atoms with Gasteiger partial charge in [-0.15, -0.1) is 0 Å². The first-order valence-electron chi connectivity index (χ1n) is 11.2. The maximum absolute atomic E-state index is 13.4. The van der Waals surface area contributed by atoms with Crippen LogP contribution in [-0.2, 0) is 22.1 Å². The SMILES string of the molecule is CN(C)C(=O)CN1c2cc(C(F)(F)F)ccc2CC12CCN(CC1CCOCC1)CC2. The Morgan fingerprint density at radius 1 is 1.19 bits per heavy atom. The van der Waals surface area contributed by atoms with Crippen LogP contribution in [0.1, 0.15) is 36.8 Å². The molecule has 0 aromatic heterocycles. The van der Waals surface area contributed by atoms with Gasteiger partial charge in [0, 0.05) is 58.2 Å². The highest BCUT2D eigenvalue weighted by Crippen LogP contribution is 2.46. The first kappa shape index (κ1) is 22.4. The predicted octanol–water partition coefficient (Wildman–Crippen LogP) is 3.42. The van der Waals surface area contributed by atoms with E-state index in [-0.39, 0.29) is 18.0 Å². The summed E-state index contributed by atoms with van der Waals surface area (Å²) in [6.45, 7) is 4.65. The molecule has 0 bridgehead atoms. The molecule has 2 fully saturated rings. The molecule has 0 unspecified atom stereocenters. The number of likely N-dealkylation sites (tertiary alicyclic amines) is 1. The Bertz CT molecular complexity index is 798. The Morgan fingerprint density at radius 2 is 1.87 bits per heavy atom. The number of amides is 1. The molecule has 1 aromatic rings. The molecule has 3 aliphatic heterocycles. The molecule has 1 aromatic carbocycles. The van der Waals surface area contributed by atoms with E-state index in [2.05, 4.69) is 4.90 Å². The number of nitrogens with zero attached hydrogens (tertiary/aromatic N) is 3. The normalized spacial score (nSPS) is 22.0. The van der Waals surface area contributed by atoms with Gasteiger partial charge >= 0.3 is 6.18 Å². The van der Waals surface area contributed by atoms with E-state index < -0.39 is 11.7 Å². The summed E-state index contributed by atoms with van der Waals surface area (Å²) in [6.07, 6.45) is 0.203. The van der Waals surface area contributed by atoms with E-state index in [1.54, 1.807) is 20.2 Å².